The zero-order chi connectivity index (χ0) is 22.3. The second-order valence-corrected chi connectivity index (χ2v) is 8.53. The topological polar surface area (TPSA) is 102 Å². The number of alkyl halides is 5. The molecule has 168 valence electrons. The highest BCUT2D eigenvalue weighted by Crippen LogP contribution is 2.39. The molecule has 1 aliphatic carbocycles. The van der Waals surface area contributed by atoms with Crippen LogP contribution in [0, 0.1) is 5.92 Å². The lowest BCUT2D eigenvalue weighted by molar-refractivity contribution is -0.260. The Labute approximate surface area is 167 Å². The number of ether oxygens (including phenoxy) is 3. The average molecular weight is 460 g/mol. The molecule has 2 aliphatic rings. The highest BCUT2D eigenvalue weighted by atomic mass is 32.2. The highest BCUT2D eigenvalue weighted by molar-refractivity contribution is 7.86. The summed E-state index contributed by atoms with van der Waals surface area (Å²) in [5.41, 5.74) is 1.38. The third-order valence-electron chi connectivity index (χ3n) is 4.76. The predicted octanol–water partition coefficient (Wildman–Crippen LogP) is 2.52. The van der Waals surface area contributed by atoms with Crippen LogP contribution >= 0.6 is 0 Å². The van der Waals surface area contributed by atoms with Crippen LogP contribution < -0.4 is 4.74 Å². The van der Waals surface area contributed by atoms with Crippen LogP contribution in [0.25, 0.3) is 0 Å². The first-order valence-corrected chi connectivity index (χ1v) is 10.2. The van der Waals surface area contributed by atoms with Crippen LogP contribution in [0.5, 0.6) is 5.75 Å². The van der Waals surface area contributed by atoms with Crippen molar-refractivity contribution in [1.82, 2.24) is 0 Å². The smallest absolute Gasteiger partial charge is 0.432 e. The summed E-state index contributed by atoms with van der Waals surface area (Å²) in [5.74, 6) is -2.26. The molecule has 0 saturated carbocycles. The maximum absolute atomic E-state index is 13.6. The predicted molar refractivity (Wildman–Crippen MR) is 89.6 cm³/mol. The van der Waals surface area contributed by atoms with Crippen molar-refractivity contribution in [3.05, 3.63) is 29.3 Å². The van der Waals surface area contributed by atoms with E-state index in [4.69, 9.17) is 14.0 Å². The largest absolute Gasteiger partial charge is 0.491 e. The standard InChI is InChI=1S/C17H17F5O7S/c18-16(19,20)15(17(21,22)30(24,25)26)29-14(23)11-2-1-10-6-12(4-3-9(10)5-11)27-7-13-8-28-13/h3-4,6,11,13,15H,1-2,5,7-8H2,(H,24,25,26). The molecule has 1 saturated heterocycles. The lowest BCUT2D eigenvalue weighted by Crippen LogP contribution is -2.52. The molecule has 1 fully saturated rings. The minimum Gasteiger partial charge on any atom is -0.491 e. The van der Waals surface area contributed by atoms with E-state index in [2.05, 4.69) is 4.74 Å². The summed E-state index contributed by atoms with van der Waals surface area (Å²) in [7, 11) is -6.48. The molecule has 0 spiro atoms. The molecule has 0 amide bonds. The van der Waals surface area contributed by atoms with Crippen molar-refractivity contribution in [3.8, 4) is 5.75 Å². The first-order valence-electron chi connectivity index (χ1n) is 8.77. The minimum absolute atomic E-state index is 0.00302. The van der Waals surface area contributed by atoms with Gasteiger partial charge in [0.1, 0.15) is 18.5 Å². The zero-order valence-corrected chi connectivity index (χ0v) is 16.0. The summed E-state index contributed by atoms with van der Waals surface area (Å²) in [6.07, 6.45) is -10.0. The molecule has 3 rings (SSSR count). The van der Waals surface area contributed by atoms with Gasteiger partial charge in [-0.15, -0.1) is 0 Å². The van der Waals surface area contributed by atoms with Crippen molar-refractivity contribution >= 4 is 16.1 Å². The van der Waals surface area contributed by atoms with Crippen LogP contribution in [0.4, 0.5) is 22.0 Å². The van der Waals surface area contributed by atoms with Crippen molar-refractivity contribution in [2.45, 2.75) is 42.9 Å². The first kappa shape index (κ1) is 22.7. The third kappa shape index (κ3) is 5.01. The van der Waals surface area contributed by atoms with Gasteiger partial charge in [0, 0.05) is 0 Å². The summed E-state index contributed by atoms with van der Waals surface area (Å²) in [6, 6.07) is 4.91. The molecule has 1 heterocycles. The Morgan fingerprint density at radius 2 is 1.90 bits per heavy atom. The summed E-state index contributed by atoms with van der Waals surface area (Å²) in [4.78, 5) is 12.1. The molecule has 0 aromatic heterocycles. The Morgan fingerprint density at radius 1 is 1.23 bits per heavy atom. The fraction of sp³-hybridized carbons (Fsp3) is 0.588. The third-order valence-corrected chi connectivity index (χ3v) is 5.66. The van der Waals surface area contributed by atoms with Gasteiger partial charge in [0.15, 0.2) is 0 Å². The number of epoxide rings is 1. The van der Waals surface area contributed by atoms with Crippen LogP contribution in [-0.4, -0.2) is 55.8 Å². The summed E-state index contributed by atoms with van der Waals surface area (Å²) in [6.45, 7) is 0.985. The number of carbonyl (C=O) groups excluding carboxylic acids is 1. The van der Waals surface area contributed by atoms with Crippen molar-refractivity contribution in [2.24, 2.45) is 5.92 Å². The van der Waals surface area contributed by atoms with Crippen molar-refractivity contribution in [2.75, 3.05) is 13.2 Å². The molecule has 7 nitrogen and oxygen atoms in total. The zero-order valence-electron chi connectivity index (χ0n) is 15.2. The van der Waals surface area contributed by atoms with Crippen LogP contribution in [0.1, 0.15) is 17.5 Å². The van der Waals surface area contributed by atoms with Crippen LogP contribution in [0.3, 0.4) is 0 Å². The number of esters is 1. The number of hydrogen-bond acceptors (Lipinski definition) is 6. The van der Waals surface area contributed by atoms with Gasteiger partial charge in [-0.3, -0.25) is 9.35 Å². The normalized spacial score (nSPS) is 22.7. The molecule has 1 N–H and O–H groups in total. The van der Waals surface area contributed by atoms with Gasteiger partial charge in [-0.2, -0.15) is 30.4 Å². The maximum Gasteiger partial charge on any atom is 0.432 e. The molecule has 13 heteroatoms. The molecule has 3 atom stereocenters. The van der Waals surface area contributed by atoms with Gasteiger partial charge in [-0.1, -0.05) is 6.07 Å². The summed E-state index contributed by atoms with van der Waals surface area (Å²) < 4.78 is 110. The van der Waals surface area contributed by atoms with Crippen LogP contribution in [0.2, 0.25) is 0 Å². The van der Waals surface area contributed by atoms with Gasteiger partial charge in [0.2, 0.25) is 0 Å². The molecular formula is C17H17F5O7S. The van der Waals surface area contributed by atoms with E-state index < -0.39 is 39.5 Å². The number of rotatable bonds is 7. The maximum atomic E-state index is 13.6. The van der Waals surface area contributed by atoms with Gasteiger partial charge in [0.05, 0.1) is 12.5 Å². The lowest BCUT2D eigenvalue weighted by Gasteiger charge is -2.29. The Kier molecular flexibility index (Phi) is 6.00. The molecule has 1 aliphatic heterocycles. The number of benzene rings is 1. The van der Waals surface area contributed by atoms with E-state index >= 15 is 0 Å². The molecule has 0 radical (unpaired) electrons. The van der Waals surface area contributed by atoms with Gasteiger partial charge < -0.3 is 14.2 Å². The fourth-order valence-electron chi connectivity index (χ4n) is 3.05. The van der Waals surface area contributed by atoms with E-state index in [1.165, 1.54) is 0 Å². The highest BCUT2D eigenvalue weighted by Gasteiger charge is 2.66. The molecule has 0 bridgehead atoms. The van der Waals surface area contributed by atoms with Crippen molar-refractivity contribution in [1.29, 1.82) is 0 Å². The van der Waals surface area contributed by atoms with Gasteiger partial charge in [0.25, 0.3) is 6.10 Å². The number of carbonyl (C=O) groups is 1. The van der Waals surface area contributed by atoms with E-state index in [1.54, 1.807) is 18.2 Å². The number of aryl methyl sites for hydroxylation is 1. The van der Waals surface area contributed by atoms with Gasteiger partial charge >= 0.3 is 27.5 Å². The van der Waals surface area contributed by atoms with E-state index in [0.717, 1.165) is 5.56 Å². The van der Waals surface area contributed by atoms with Crippen molar-refractivity contribution in [3.63, 3.8) is 0 Å². The molecule has 1 aromatic carbocycles. The lowest BCUT2D eigenvalue weighted by atomic mass is 9.84. The Balaban J connectivity index is 1.69. The Morgan fingerprint density at radius 3 is 2.47 bits per heavy atom. The van der Waals surface area contributed by atoms with Crippen LogP contribution in [-0.2, 0) is 37.2 Å². The van der Waals surface area contributed by atoms with E-state index in [9.17, 15) is 35.2 Å². The van der Waals surface area contributed by atoms with E-state index in [0.29, 0.717) is 24.5 Å². The molecule has 3 unspecified atom stereocenters. The first-order chi connectivity index (χ1) is 13.8. The molecule has 30 heavy (non-hydrogen) atoms. The molecular weight excluding hydrogens is 443 g/mol. The van der Waals surface area contributed by atoms with Gasteiger partial charge in [-0.05, 0) is 42.5 Å². The number of hydrogen-bond donors (Lipinski definition) is 1. The molecule has 1 aromatic rings. The minimum atomic E-state index is -6.48. The summed E-state index contributed by atoms with van der Waals surface area (Å²) in [5, 5.41) is -5.75. The number of fused-ring (bicyclic) bond motifs is 1. The van der Waals surface area contributed by atoms with Gasteiger partial charge in [-0.25, -0.2) is 0 Å². The fourth-order valence-corrected chi connectivity index (χ4v) is 3.50. The summed E-state index contributed by atoms with van der Waals surface area (Å²) >= 11 is 0. The second kappa shape index (κ2) is 7.93. The van der Waals surface area contributed by atoms with Crippen LogP contribution in [0.15, 0.2) is 18.2 Å². The second-order valence-electron chi connectivity index (χ2n) is 7.03. The Bertz CT molecular complexity index is 912. The monoisotopic (exact) mass is 460 g/mol. The van der Waals surface area contributed by atoms with Crippen molar-refractivity contribution < 1.29 is 53.9 Å². The Hall–Kier alpha value is -1.99. The average Bonchev–Trinajstić information content (AvgIpc) is 3.46. The number of halogens is 5. The SMILES string of the molecule is O=C(OC(C(F)(F)F)C(F)(F)S(=O)(=O)O)C1CCc2cc(OCC3CO3)ccc2C1. The van der Waals surface area contributed by atoms with E-state index in [1.807, 2.05) is 0 Å². The quantitative estimate of drug-likeness (QED) is 0.289. The van der Waals surface area contributed by atoms with E-state index in [-0.39, 0.29) is 25.4 Å².